The van der Waals surface area contributed by atoms with Gasteiger partial charge in [-0.2, -0.15) is 13.2 Å². The normalized spacial score (nSPS) is 16.6. The van der Waals surface area contributed by atoms with Crippen LogP contribution in [0.25, 0.3) is 0 Å². The Bertz CT molecular complexity index is 787. The second-order valence-corrected chi connectivity index (χ2v) is 7.54. The maximum Gasteiger partial charge on any atom is 0.416 e. The molecule has 1 aliphatic rings. The van der Waals surface area contributed by atoms with E-state index >= 15 is 0 Å². The Morgan fingerprint density at radius 3 is 2.31 bits per heavy atom. The molecule has 0 spiro atoms. The van der Waals surface area contributed by atoms with E-state index in [1.807, 2.05) is 19.2 Å². The van der Waals surface area contributed by atoms with Gasteiger partial charge < -0.3 is 16.4 Å². The van der Waals surface area contributed by atoms with Crippen molar-refractivity contribution in [1.82, 2.24) is 10.2 Å². The number of benzene rings is 1. The van der Waals surface area contributed by atoms with Crippen LogP contribution in [0, 0.1) is 11.3 Å². The smallest absolute Gasteiger partial charge is 0.370 e. The highest BCUT2D eigenvalue weighted by molar-refractivity contribution is 6.04. The molecule has 0 bridgehead atoms. The molecule has 2 amide bonds. The zero-order valence-electron chi connectivity index (χ0n) is 16.3. The molecule has 0 aromatic heterocycles. The van der Waals surface area contributed by atoms with Crippen LogP contribution in [0.1, 0.15) is 54.1 Å². The molecule has 29 heavy (non-hydrogen) atoms. The Kier molecular flexibility index (Phi) is 6.89. The number of rotatable bonds is 4. The SMILES string of the molecule is CC(C)C(N)C(=O)N1CCC(c2ccc(C(=O)NC(=N)N)cc2C(F)(F)F)CC1. The maximum atomic E-state index is 13.6. The quantitative estimate of drug-likeness (QED) is 0.445. The van der Waals surface area contributed by atoms with Crippen LogP contribution in [-0.2, 0) is 11.0 Å². The number of hydrogen-bond acceptors (Lipinski definition) is 4. The number of piperidine rings is 1. The van der Waals surface area contributed by atoms with Crippen LogP contribution in [0.3, 0.4) is 0 Å². The van der Waals surface area contributed by atoms with Gasteiger partial charge in [-0.15, -0.1) is 0 Å². The van der Waals surface area contributed by atoms with Gasteiger partial charge in [-0.3, -0.25) is 20.3 Å². The Hall–Kier alpha value is -2.62. The molecular weight excluding hydrogens is 387 g/mol. The molecule has 1 saturated heterocycles. The first-order valence-corrected chi connectivity index (χ1v) is 9.32. The molecule has 0 aliphatic carbocycles. The first-order valence-electron chi connectivity index (χ1n) is 9.32. The number of nitrogens with zero attached hydrogens (tertiary/aromatic N) is 1. The molecule has 2 rings (SSSR count). The van der Waals surface area contributed by atoms with E-state index in [9.17, 15) is 22.8 Å². The summed E-state index contributed by atoms with van der Waals surface area (Å²) in [5.74, 6) is -2.13. The summed E-state index contributed by atoms with van der Waals surface area (Å²) < 4.78 is 40.9. The van der Waals surface area contributed by atoms with E-state index in [0.717, 1.165) is 6.07 Å². The first-order chi connectivity index (χ1) is 13.4. The van der Waals surface area contributed by atoms with E-state index in [4.69, 9.17) is 16.9 Å². The van der Waals surface area contributed by atoms with E-state index in [1.54, 1.807) is 4.90 Å². The van der Waals surface area contributed by atoms with Crippen LogP contribution in [0.15, 0.2) is 18.2 Å². The van der Waals surface area contributed by atoms with Gasteiger partial charge in [0.05, 0.1) is 11.6 Å². The minimum absolute atomic E-state index is 0.0225. The molecule has 1 aromatic rings. The van der Waals surface area contributed by atoms with Gasteiger partial charge in [0.1, 0.15) is 0 Å². The lowest BCUT2D eigenvalue weighted by molar-refractivity contribution is -0.139. The van der Waals surface area contributed by atoms with E-state index in [1.165, 1.54) is 12.1 Å². The molecule has 1 aliphatic heterocycles. The third kappa shape index (κ3) is 5.47. The number of halogens is 3. The number of likely N-dealkylation sites (tertiary alicyclic amines) is 1. The summed E-state index contributed by atoms with van der Waals surface area (Å²) in [5, 5.41) is 9.02. The zero-order chi connectivity index (χ0) is 21.9. The van der Waals surface area contributed by atoms with Gasteiger partial charge in [-0.05, 0) is 42.4 Å². The second-order valence-electron chi connectivity index (χ2n) is 7.54. The number of alkyl halides is 3. The highest BCUT2D eigenvalue weighted by Crippen LogP contribution is 2.39. The summed E-state index contributed by atoms with van der Waals surface area (Å²) in [7, 11) is 0. The standard InChI is InChI=1S/C19H26F3N5O2/c1-10(2)15(23)17(29)27-7-5-11(6-8-27)13-4-3-12(16(28)26-18(24)25)9-14(13)19(20,21)22/h3-4,9-11,15H,5-8,23H2,1-2H3,(H4,24,25,26,28). The molecule has 160 valence electrons. The summed E-state index contributed by atoms with van der Waals surface area (Å²) >= 11 is 0. The van der Waals surface area contributed by atoms with Crippen LogP contribution in [0.2, 0.25) is 0 Å². The molecule has 1 heterocycles. The Morgan fingerprint density at radius 2 is 1.83 bits per heavy atom. The first kappa shape index (κ1) is 22.7. The average Bonchev–Trinajstić information content (AvgIpc) is 2.65. The third-order valence-electron chi connectivity index (χ3n) is 5.12. The van der Waals surface area contributed by atoms with E-state index in [2.05, 4.69) is 0 Å². The highest BCUT2D eigenvalue weighted by atomic mass is 19.4. The van der Waals surface area contributed by atoms with Crippen LogP contribution in [0.5, 0.6) is 0 Å². The predicted molar refractivity (Wildman–Crippen MR) is 102 cm³/mol. The van der Waals surface area contributed by atoms with Crippen LogP contribution < -0.4 is 16.8 Å². The van der Waals surface area contributed by atoms with Crippen molar-refractivity contribution in [3.8, 4) is 0 Å². The monoisotopic (exact) mass is 413 g/mol. The van der Waals surface area contributed by atoms with Gasteiger partial charge in [0.15, 0.2) is 5.96 Å². The third-order valence-corrected chi connectivity index (χ3v) is 5.12. The molecule has 7 nitrogen and oxygen atoms in total. The number of guanidine groups is 1. The summed E-state index contributed by atoms with van der Waals surface area (Å²) in [4.78, 5) is 25.9. The summed E-state index contributed by atoms with van der Waals surface area (Å²) in [5.41, 5.74) is 9.94. The van der Waals surface area contributed by atoms with E-state index < -0.39 is 35.6 Å². The summed E-state index contributed by atoms with van der Waals surface area (Å²) in [6.45, 7) is 4.34. The van der Waals surface area contributed by atoms with Crippen molar-refractivity contribution >= 4 is 17.8 Å². The number of carbonyl (C=O) groups is 2. The minimum atomic E-state index is -4.64. The van der Waals surface area contributed by atoms with Crippen molar-refractivity contribution in [2.24, 2.45) is 17.4 Å². The van der Waals surface area contributed by atoms with Gasteiger partial charge in [-0.1, -0.05) is 19.9 Å². The number of amides is 2. The van der Waals surface area contributed by atoms with Crippen molar-refractivity contribution in [3.05, 3.63) is 34.9 Å². The van der Waals surface area contributed by atoms with E-state index in [0.29, 0.717) is 25.9 Å². The van der Waals surface area contributed by atoms with Crippen LogP contribution >= 0.6 is 0 Å². The fraction of sp³-hybridized carbons (Fsp3) is 0.526. The van der Waals surface area contributed by atoms with Gasteiger partial charge in [0, 0.05) is 18.7 Å². The fourth-order valence-corrected chi connectivity index (χ4v) is 3.40. The molecule has 1 atom stereocenters. The minimum Gasteiger partial charge on any atom is -0.370 e. The van der Waals surface area contributed by atoms with Gasteiger partial charge in [0.25, 0.3) is 5.91 Å². The lowest BCUT2D eigenvalue weighted by Gasteiger charge is -2.35. The molecule has 10 heteroatoms. The topological polar surface area (TPSA) is 125 Å². The summed E-state index contributed by atoms with van der Waals surface area (Å²) in [6, 6.07) is 2.73. The van der Waals surface area contributed by atoms with E-state index in [-0.39, 0.29) is 23.0 Å². The maximum absolute atomic E-state index is 13.6. The lowest BCUT2D eigenvalue weighted by Crippen LogP contribution is -2.49. The van der Waals surface area contributed by atoms with Gasteiger partial charge >= 0.3 is 6.18 Å². The highest BCUT2D eigenvalue weighted by Gasteiger charge is 2.37. The van der Waals surface area contributed by atoms with Crippen molar-refractivity contribution in [2.75, 3.05) is 13.1 Å². The Morgan fingerprint density at radius 1 is 1.24 bits per heavy atom. The molecular formula is C19H26F3N5O2. The molecule has 1 unspecified atom stereocenters. The predicted octanol–water partition coefficient (Wildman–Crippen LogP) is 2.02. The molecule has 0 saturated carbocycles. The van der Waals surface area contributed by atoms with Crippen molar-refractivity contribution < 1.29 is 22.8 Å². The number of nitrogens with one attached hydrogen (secondary N) is 2. The zero-order valence-corrected chi connectivity index (χ0v) is 16.3. The molecule has 0 radical (unpaired) electrons. The Balaban J connectivity index is 2.21. The fourth-order valence-electron chi connectivity index (χ4n) is 3.40. The van der Waals surface area contributed by atoms with Crippen LogP contribution in [-0.4, -0.2) is 41.8 Å². The Labute approximate surface area is 167 Å². The largest absolute Gasteiger partial charge is 0.416 e. The summed E-state index contributed by atoms with van der Waals surface area (Å²) in [6.07, 6.45) is -3.90. The van der Waals surface area contributed by atoms with Crippen molar-refractivity contribution in [1.29, 1.82) is 5.41 Å². The van der Waals surface area contributed by atoms with Crippen molar-refractivity contribution in [2.45, 2.75) is 44.8 Å². The lowest BCUT2D eigenvalue weighted by atomic mass is 9.85. The average molecular weight is 413 g/mol. The molecule has 6 N–H and O–H groups in total. The number of hydrogen-bond donors (Lipinski definition) is 4. The molecule has 1 fully saturated rings. The van der Waals surface area contributed by atoms with Crippen molar-refractivity contribution in [3.63, 3.8) is 0 Å². The van der Waals surface area contributed by atoms with Gasteiger partial charge in [-0.25, -0.2) is 0 Å². The molecule has 1 aromatic carbocycles. The van der Waals surface area contributed by atoms with Crippen LogP contribution in [0.4, 0.5) is 13.2 Å². The number of nitrogens with two attached hydrogens (primary N) is 2. The second kappa shape index (κ2) is 8.81. The number of carbonyl (C=O) groups excluding carboxylic acids is 2. The van der Waals surface area contributed by atoms with Gasteiger partial charge in [0.2, 0.25) is 5.91 Å².